The Morgan fingerprint density at radius 3 is 2.03 bits per heavy atom. The van der Waals surface area contributed by atoms with Gasteiger partial charge in [0.05, 0.1) is 11.9 Å². The molecule has 0 saturated carbocycles. The van der Waals surface area contributed by atoms with E-state index < -0.39 is 28.5 Å². The molecule has 33 heavy (non-hydrogen) atoms. The van der Waals surface area contributed by atoms with Crippen LogP contribution in [0.1, 0.15) is 45.2 Å². The first-order chi connectivity index (χ1) is 15.4. The van der Waals surface area contributed by atoms with Gasteiger partial charge in [0, 0.05) is 13.6 Å². The summed E-state index contributed by atoms with van der Waals surface area (Å²) in [4.78, 5) is 27.4. The number of carbonyl (C=O) groups is 2. The third kappa shape index (κ3) is 7.05. The second-order valence-electron chi connectivity index (χ2n) is 9.11. The van der Waals surface area contributed by atoms with Crippen molar-refractivity contribution in [3.05, 3.63) is 65.7 Å². The quantitative estimate of drug-likeness (QED) is 0.605. The van der Waals surface area contributed by atoms with Crippen LogP contribution >= 0.6 is 0 Å². The molecule has 2 aromatic rings. The van der Waals surface area contributed by atoms with Crippen LogP contribution in [0.15, 0.2) is 54.6 Å². The molecule has 2 rings (SSSR count). The van der Waals surface area contributed by atoms with E-state index in [0.717, 1.165) is 21.7 Å². The molecule has 0 spiro atoms. The monoisotopic (exact) mass is 473 g/mol. The lowest BCUT2D eigenvalue weighted by molar-refractivity contribution is -0.140. The maximum Gasteiger partial charge on any atom is 0.244 e. The zero-order valence-electron chi connectivity index (χ0n) is 20.3. The molecule has 2 amide bonds. The van der Waals surface area contributed by atoms with Crippen molar-refractivity contribution in [2.24, 2.45) is 0 Å². The van der Waals surface area contributed by atoms with E-state index in [1.165, 1.54) is 11.9 Å². The van der Waals surface area contributed by atoms with Gasteiger partial charge in [-0.1, -0.05) is 70.2 Å². The number of hydrogen-bond acceptors (Lipinski definition) is 4. The second kappa shape index (κ2) is 10.8. The molecule has 0 radical (unpaired) electrons. The van der Waals surface area contributed by atoms with Gasteiger partial charge in [-0.15, -0.1) is 0 Å². The van der Waals surface area contributed by atoms with Crippen molar-refractivity contribution in [3.8, 4) is 0 Å². The Morgan fingerprint density at radius 1 is 1.00 bits per heavy atom. The number of hydrogen-bond donors (Lipinski definition) is 1. The van der Waals surface area contributed by atoms with Gasteiger partial charge in [-0.2, -0.15) is 0 Å². The van der Waals surface area contributed by atoms with E-state index >= 15 is 0 Å². The van der Waals surface area contributed by atoms with Crippen molar-refractivity contribution in [1.82, 2.24) is 10.2 Å². The fraction of sp³-hybridized carbons (Fsp3) is 0.440. The van der Waals surface area contributed by atoms with Gasteiger partial charge in [-0.3, -0.25) is 13.9 Å². The van der Waals surface area contributed by atoms with Crippen molar-refractivity contribution in [2.45, 2.75) is 52.1 Å². The Kier molecular flexibility index (Phi) is 8.66. The minimum Gasteiger partial charge on any atom is -0.357 e. The van der Waals surface area contributed by atoms with E-state index in [4.69, 9.17) is 0 Å². The van der Waals surface area contributed by atoms with Gasteiger partial charge in [0.2, 0.25) is 21.8 Å². The highest BCUT2D eigenvalue weighted by atomic mass is 32.2. The number of amides is 2. The minimum absolute atomic E-state index is 0.0847. The Labute approximate surface area is 197 Å². The molecule has 0 saturated heterocycles. The summed E-state index contributed by atoms with van der Waals surface area (Å²) < 4.78 is 26.4. The van der Waals surface area contributed by atoms with E-state index in [-0.39, 0.29) is 17.9 Å². The molecule has 0 aliphatic carbocycles. The van der Waals surface area contributed by atoms with Crippen LogP contribution in [0.3, 0.4) is 0 Å². The third-order valence-electron chi connectivity index (χ3n) is 5.53. The number of rotatable bonds is 9. The van der Waals surface area contributed by atoms with Crippen LogP contribution in [0, 0.1) is 0 Å². The smallest absolute Gasteiger partial charge is 0.244 e. The Balaban J connectivity index is 2.41. The number of benzene rings is 2. The minimum atomic E-state index is -3.74. The van der Waals surface area contributed by atoms with E-state index in [2.05, 4.69) is 26.1 Å². The van der Waals surface area contributed by atoms with Crippen molar-refractivity contribution < 1.29 is 18.0 Å². The van der Waals surface area contributed by atoms with Crippen molar-refractivity contribution in [1.29, 1.82) is 0 Å². The molecule has 1 N–H and O–H groups in total. The first-order valence-corrected chi connectivity index (χ1v) is 12.9. The van der Waals surface area contributed by atoms with Gasteiger partial charge in [0.1, 0.15) is 12.6 Å². The highest BCUT2D eigenvalue weighted by Crippen LogP contribution is 2.26. The molecule has 1 atom stereocenters. The largest absolute Gasteiger partial charge is 0.357 e. The number of likely N-dealkylation sites (N-methyl/N-ethyl adjacent to an activating group) is 1. The molecular formula is C25H35N3O4S. The van der Waals surface area contributed by atoms with Crippen molar-refractivity contribution in [2.75, 3.05) is 24.2 Å². The van der Waals surface area contributed by atoms with Gasteiger partial charge in [0.25, 0.3) is 0 Å². The van der Waals surface area contributed by atoms with Crippen LogP contribution in [-0.4, -0.2) is 51.0 Å². The van der Waals surface area contributed by atoms with Crippen molar-refractivity contribution >= 4 is 27.5 Å². The molecule has 0 heterocycles. The number of nitrogens with one attached hydrogen (secondary N) is 1. The maximum absolute atomic E-state index is 13.5. The molecule has 0 aromatic heterocycles. The third-order valence-corrected chi connectivity index (χ3v) is 6.67. The molecule has 0 aliphatic heterocycles. The van der Waals surface area contributed by atoms with Crippen LogP contribution in [0.25, 0.3) is 0 Å². The maximum atomic E-state index is 13.5. The number of carbonyl (C=O) groups excluding carboxylic acids is 2. The van der Waals surface area contributed by atoms with Gasteiger partial charge in [0.15, 0.2) is 0 Å². The Morgan fingerprint density at radius 2 is 1.58 bits per heavy atom. The van der Waals surface area contributed by atoms with E-state index in [9.17, 15) is 18.0 Å². The number of sulfonamides is 1. The van der Waals surface area contributed by atoms with E-state index in [1.54, 1.807) is 12.1 Å². The van der Waals surface area contributed by atoms with Gasteiger partial charge >= 0.3 is 0 Å². The van der Waals surface area contributed by atoms with Gasteiger partial charge < -0.3 is 10.2 Å². The fourth-order valence-electron chi connectivity index (χ4n) is 3.61. The molecule has 0 bridgehead atoms. The molecule has 2 aromatic carbocycles. The molecule has 180 valence electrons. The Bertz CT molecular complexity index is 1050. The van der Waals surface area contributed by atoms with Crippen LogP contribution in [0.2, 0.25) is 0 Å². The van der Waals surface area contributed by atoms with E-state index in [1.807, 2.05) is 49.4 Å². The lowest BCUT2D eigenvalue weighted by atomic mass is 9.87. The number of anilines is 1. The molecule has 0 aliphatic rings. The molecule has 0 unspecified atom stereocenters. The highest BCUT2D eigenvalue weighted by Gasteiger charge is 2.31. The first-order valence-electron chi connectivity index (χ1n) is 11.0. The lowest BCUT2D eigenvalue weighted by Crippen LogP contribution is -2.51. The predicted molar refractivity (Wildman–Crippen MR) is 132 cm³/mol. The van der Waals surface area contributed by atoms with Crippen LogP contribution in [0.4, 0.5) is 5.69 Å². The molecule has 0 fully saturated rings. The van der Waals surface area contributed by atoms with Crippen LogP contribution < -0.4 is 9.62 Å². The summed E-state index contributed by atoms with van der Waals surface area (Å²) >= 11 is 0. The average molecular weight is 474 g/mol. The van der Waals surface area contributed by atoms with Gasteiger partial charge in [-0.05, 0) is 35.1 Å². The summed E-state index contributed by atoms with van der Waals surface area (Å²) in [7, 11) is -2.22. The first kappa shape index (κ1) is 26.4. The van der Waals surface area contributed by atoms with Crippen molar-refractivity contribution in [3.63, 3.8) is 0 Å². The number of nitrogens with zero attached hydrogens (tertiary/aromatic N) is 2. The molecule has 8 heteroatoms. The highest BCUT2D eigenvalue weighted by molar-refractivity contribution is 7.92. The lowest BCUT2D eigenvalue weighted by Gasteiger charge is -2.32. The predicted octanol–water partition coefficient (Wildman–Crippen LogP) is 3.30. The van der Waals surface area contributed by atoms with Crippen LogP contribution in [-0.2, 0) is 31.6 Å². The summed E-state index contributed by atoms with van der Waals surface area (Å²) in [6.07, 6.45) is 1.48. The van der Waals surface area contributed by atoms with E-state index in [0.29, 0.717) is 12.1 Å². The molecule has 7 nitrogen and oxygen atoms in total. The summed E-state index contributed by atoms with van der Waals surface area (Å²) in [5.41, 5.74) is 2.24. The summed E-state index contributed by atoms with van der Waals surface area (Å²) in [6.45, 7) is 7.85. The molecular weight excluding hydrogens is 438 g/mol. The zero-order valence-corrected chi connectivity index (χ0v) is 21.1. The normalized spacial score (nSPS) is 12.7. The van der Waals surface area contributed by atoms with Gasteiger partial charge in [-0.25, -0.2) is 8.42 Å². The standard InChI is InChI=1S/C25H35N3O4S/c1-7-22(24(30)26-5)27(17-19-11-9-8-10-12-19)23(29)18-28(33(6,31)32)21-15-13-20(14-16-21)25(2,3)4/h8-16,22H,7,17-18H2,1-6H3,(H,26,30)/t22-/m1/s1. The summed E-state index contributed by atoms with van der Waals surface area (Å²) in [5.74, 6) is -0.734. The Hall–Kier alpha value is -2.87. The topological polar surface area (TPSA) is 86.8 Å². The SMILES string of the molecule is CC[C@H](C(=O)NC)N(Cc1ccccc1)C(=O)CN(c1ccc(C(C)(C)C)cc1)S(C)(=O)=O. The second-order valence-corrected chi connectivity index (χ2v) is 11.0. The summed E-state index contributed by atoms with van der Waals surface area (Å²) in [5, 5.41) is 2.61. The fourth-order valence-corrected chi connectivity index (χ4v) is 4.46. The van der Waals surface area contributed by atoms with Crippen LogP contribution in [0.5, 0.6) is 0 Å². The summed E-state index contributed by atoms with van der Waals surface area (Å²) in [6, 6.07) is 15.8. The zero-order chi connectivity index (χ0) is 24.8. The average Bonchev–Trinajstić information content (AvgIpc) is 2.76.